The zero-order chi connectivity index (χ0) is 8.39. The van der Waals surface area contributed by atoms with Crippen molar-refractivity contribution in [3.63, 3.8) is 0 Å². The molecule has 0 atom stereocenters. The first kappa shape index (κ1) is 7.62. The smallest absolute Gasteiger partial charge is 0.127 e. The molecule has 64 valence electrons. The Hall–Kier alpha value is -1.02. The van der Waals surface area contributed by atoms with Gasteiger partial charge in [-0.15, -0.1) is 0 Å². The SMILES string of the molecule is CNCc1cccc2c1OCC2. The van der Waals surface area contributed by atoms with E-state index in [2.05, 4.69) is 23.5 Å². The maximum Gasteiger partial charge on any atom is 0.127 e. The number of para-hydroxylation sites is 1. The van der Waals surface area contributed by atoms with Crippen LogP contribution in [0, 0.1) is 0 Å². The molecule has 2 nitrogen and oxygen atoms in total. The maximum atomic E-state index is 5.54. The minimum atomic E-state index is 0.843. The molecule has 12 heavy (non-hydrogen) atoms. The Morgan fingerprint density at radius 1 is 1.50 bits per heavy atom. The van der Waals surface area contributed by atoms with E-state index in [-0.39, 0.29) is 0 Å². The van der Waals surface area contributed by atoms with Crippen molar-refractivity contribution in [1.82, 2.24) is 5.32 Å². The third-order valence-corrected chi connectivity index (χ3v) is 2.16. The van der Waals surface area contributed by atoms with E-state index >= 15 is 0 Å². The molecule has 0 bridgehead atoms. The molecule has 1 aliphatic rings. The van der Waals surface area contributed by atoms with E-state index in [1.165, 1.54) is 11.1 Å². The Morgan fingerprint density at radius 2 is 2.42 bits per heavy atom. The van der Waals surface area contributed by atoms with Crippen LogP contribution in [0.2, 0.25) is 0 Å². The molecule has 2 rings (SSSR count). The normalized spacial score (nSPS) is 14.1. The molecule has 0 saturated heterocycles. The Labute approximate surface area is 72.5 Å². The second kappa shape index (κ2) is 3.15. The molecule has 0 unspecified atom stereocenters. The van der Waals surface area contributed by atoms with E-state index in [4.69, 9.17) is 4.74 Å². The summed E-state index contributed by atoms with van der Waals surface area (Å²) in [6, 6.07) is 6.35. The van der Waals surface area contributed by atoms with Gasteiger partial charge in [0.25, 0.3) is 0 Å². The largest absolute Gasteiger partial charge is 0.493 e. The van der Waals surface area contributed by atoms with E-state index in [1.807, 2.05) is 7.05 Å². The van der Waals surface area contributed by atoms with Crippen LogP contribution in [0.4, 0.5) is 0 Å². The van der Waals surface area contributed by atoms with E-state index < -0.39 is 0 Å². The van der Waals surface area contributed by atoms with Crippen molar-refractivity contribution >= 4 is 0 Å². The minimum Gasteiger partial charge on any atom is -0.493 e. The molecule has 0 amide bonds. The minimum absolute atomic E-state index is 0.843. The van der Waals surface area contributed by atoms with Gasteiger partial charge < -0.3 is 10.1 Å². The molecular weight excluding hydrogens is 150 g/mol. The van der Waals surface area contributed by atoms with E-state index in [0.29, 0.717) is 0 Å². The van der Waals surface area contributed by atoms with Gasteiger partial charge in [0.05, 0.1) is 6.61 Å². The lowest BCUT2D eigenvalue weighted by Crippen LogP contribution is -2.06. The molecule has 0 aromatic heterocycles. The summed E-state index contributed by atoms with van der Waals surface area (Å²) in [5.74, 6) is 1.10. The monoisotopic (exact) mass is 163 g/mol. The van der Waals surface area contributed by atoms with Gasteiger partial charge in [-0.1, -0.05) is 18.2 Å². The quantitative estimate of drug-likeness (QED) is 0.710. The van der Waals surface area contributed by atoms with E-state index in [0.717, 1.165) is 25.3 Å². The number of nitrogens with one attached hydrogen (secondary N) is 1. The van der Waals surface area contributed by atoms with Crippen LogP contribution >= 0.6 is 0 Å². The summed E-state index contributed by atoms with van der Waals surface area (Å²) in [6.45, 7) is 1.74. The lowest BCUT2D eigenvalue weighted by Gasteiger charge is -2.06. The molecule has 2 heteroatoms. The van der Waals surface area contributed by atoms with Gasteiger partial charge in [-0.2, -0.15) is 0 Å². The maximum absolute atomic E-state index is 5.54. The summed E-state index contributed by atoms with van der Waals surface area (Å²) in [5.41, 5.74) is 2.62. The number of hydrogen-bond acceptors (Lipinski definition) is 2. The summed E-state index contributed by atoms with van der Waals surface area (Å²) in [6.07, 6.45) is 1.06. The lowest BCUT2D eigenvalue weighted by atomic mass is 10.1. The summed E-state index contributed by atoms with van der Waals surface area (Å²) in [5, 5.41) is 3.13. The first-order valence-electron chi connectivity index (χ1n) is 4.30. The van der Waals surface area contributed by atoms with Crippen LogP contribution in [0.25, 0.3) is 0 Å². The Morgan fingerprint density at radius 3 is 3.25 bits per heavy atom. The van der Waals surface area contributed by atoms with Gasteiger partial charge in [0.1, 0.15) is 5.75 Å². The van der Waals surface area contributed by atoms with Gasteiger partial charge in [0.2, 0.25) is 0 Å². The standard InChI is InChI=1S/C10H13NO/c1-11-7-9-4-2-3-8-5-6-12-10(8)9/h2-4,11H,5-7H2,1H3. The second-order valence-electron chi connectivity index (χ2n) is 3.03. The van der Waals surface area contributed by atoms with Crippen molar-refractivity contribution in [3.05, 3.63) is 29.3 Å². The Kier molecular flexibility index (Phi) is 2.00. The number of hydrogen-bond donors (Lipinski definition) is 1. The summed E-state index contributed by atoms with van der Waals surface area (Å²) in [7, 11) is 1.95. The van der Waals surface area contributed by atoms with Gasteiger partial charge in [-0.3, -0.25) is 0 Å². The Bertz CT molecular complexity index is 283. The highest BCUT2D eigenvalue weighted by Crippen LogP contribution is 2.28. The van der Waals surface area contributed by atoms with Crippen molar-refractivity contribution in [2.75, 3.05) is 13.7 Å². The van der Waals surface area contributed by atoms with Crippen LogP contribution in [0.3, 0.4) is 0 Å². The fraction of sp³-hybridized carbons (Fsp3) is 0.400. The number of benzene rings is 1. The molecule has 1 heterocycles. The van der Waals surface area contributed by atoms with Gasteiger partial charge in [0.15, 0.2) is 0 Å². The van der Waals surface area contributed by atoms with E-state index in [1.54, 1.807) is 0 Å². The van der Waals surface area contributed by atoms with Crippen LogP contribution in [-0.4, -0.2) is 13.7 Å². The summed E-state index contributed by atoms with van der Waals surface area (Å²) < 4.78 is 5.54. The van der Waals surface area contributed by atoms with Crippen molar-refractivity contribution in [2.24, 2.45) is 0 Å². The number of fused-ring (bicyclic) bond motifs is 1. The average Bonchev–Trinajstić information content (AvgIpc) is 2.53. The zero-order valence-electron chi connectivity index (χ0n) is 7.26. The molecule has 1 aromatic rings. The van der Waals surface area contributed by atoms with Crippen LogP contribution in [0.5, 0.6) is 5.75 Å². The van der Waals surface area contributed by atoms with Crippen LogP contribution in [0.1, 0.15) is 11.1 Å². The van der Waals surface area contributed by atoms with Crippen molar-refractivity contribution in [1.29, 1.82) is 0 Å². The average molecular weight is 163 g/mol. The third kappa shape index (κ3) is 1.18. The summed E-state index contributed by atoms with van der Waals surface area (Å²) in [4.78, 5) is 0. The molecule has 1 aromatic carbocycles. The van der Waals surface area contributed by atoms with Crippen molar-refractivity contribution in [2.45, 2.75) is 13.0 Å². The highest BCUT2D eigenvalue weighted by Gasteiger charge is 2.14. The van der Waals surface area contributed by atoms with Gasteiger partial charge in [-0.25, -0.2) is 0 Å². The fourth-order valence-electron chi connectivity index (χ4n) is 1.61. The van der Waals surface area contributed by atoms with Crippen molar-refractivity contribution in [3.8, 4) is 5.75 Å². The molecule has 0 fully saturated rings. The molecule has 0 radical (unpaired) electrons. The molecular formula is C10H13NO. The fourth-order valence-corrected chi connectivity index (χ4v) is 1.61. The second-order valence-corrected chi connectivity index (χ2v) is 3.03. The van der Waals surface area contributed by atoms with Crippen LogP contribution in [-0.2, 0) is 13.0 Å². The Balaban J connectivity index is 2.36. The molecule has 1 N–H and O–H groups in total. The molecule has 0 spiro atoms. The summed E-state index contributed by atoms with van der Waals surface area (Å²) >= 11 is 0. The van der Waals surface area contributed by atoms with Gasteiger partial charge in [-0.05, 0) is 12.6 Å². The third-order valence-electron chi connectivity index (χ3n) is 2.16. The topological polar surface area (TPSA) is 21.3 Å². The first-order valence-corrected chi connectivity index (χ1v) is 4.30. The molecule has 0 saturated carbocycles. The van der Waals surface area contributed by atoms with Crippen molar-refractivity contribution < 1.29 is 4.74 Å². The predicted octanol–water partition coefficient (Wildman–Crippen LogP) is 1.34. The molecule has 0 aliphatic carbocycles. The highest BCUT2D eigenvalue weighted by atomic mass is 16.5. The molecule has 1 aliphatic heterocycles. The predicted molar refractivity (Wildman–Crippen MR) is 48.4 cm³/mol. The van der Waals surface area contributed by atoms with Gasteiger partial charge in [0, 0.05) is 18.5 Å². The number of rotatable bonds is 2. The first-order chi connectivity index (χ1) is 5.92. The van der Waals surface area contributed by atoms with Crippen LogP contribution in [0.15, 0.2) is 18.2 Å². The highest BCUT2D eigenvalue weighted by molar-refractivity contribution is 5.43. The lowest BCUT2D eigenvalue weighted by molar-refractivity contribution is 0.353. The van der Waals surface area contributed by atoms with Gasteiger partial charge >= 0.3 is 0 Å². The zero-order valence-corrected chi connectivity index (χ0v) is 7.26. The van der Waals surface area contributed by atoms with E-state index in [9.17, 15) is 0 Å². The van der Waals surface area contributed by atoms with Crippen LogP contribution < -0.4 is 10.1 Å². The number of ether oxygens (including phenoxy) is 1.